The van der Waals surface area contributed by atoms with Crippen LogP contribution in [0.1, 0.15) is 35.1 Å². The molecule has 1 aliphatic heterocycles. The highest BCUT2D eigenvalue weighted by atomic mass is 32.2. The number of aryl methyl sites for hydroxylation is 3. The molecule has 1 aromatic carbocycles. The molecule has 0 saturated carbocycles. The zero-order chi connectivity index (χ0) is 23.2. The first-order valence-electron chi connectivity index (χ1n) is 11.4. The van der Waals surface area contributed by atoms with Crippen LogP contribution in [0.5, 0.6) is 0 Å². The largest absolute Gasteiger partial charge is 0.845 e. The number of nitrogens with zero attached hydrogens (tertiary/aromatic N) is 5. The molecule has 0 bridgehead atoms. The van der Waals surface area contributed by atoms with Crippen LogP contribution in [0.25, 0.3) is 0 Å². The number of hydrogen-bond donors (Lipinski definition) is 1. The number of benzene rings is 1. The highest BCUT2D eigenvalue weighted by molar-refractivity contribution is 7.91. The lowest BCUT2D eigenvalue weighted by molar-refractivity contribution is -0.213. The van der Waals surface area contributed by atoms with Crippen molar-refractivity contribution in [2.24, 2.45) is 11.4 Å². The first-order chi connectivity index (χ1) is 15.8. The maximum absolute atomic E-state index is 13.4. The van der Waals surface area contributed by atoms with Crippen molar-refractivity contribution in [2.75, 3.05) is 36.4 Å². The van der Waals surface area contributed by atoms with Gasteiger partial charge in [-0.2, -0.15) is 13.5 Å². The van der Waals surface area contributed by atoms with Crippen LogP contribution in [0.4, 0.5) is 11.4 Å². The minimum atomic E-state index is -4.39. The number of amidine groups is 1. The third-order valence-electron chi connectivity index (χ3n) is 6.61. The monoisotopic (exact) mass is 473 g/mol. The standard InChI is InChI=1S/C22H30N6O4S/c1-26-9-10-32-20(14-26)28(17-12-23-27(2)13-17)33(30,31)25-22(29)24-21-18-7-3-5-15(18)11-16-6-4-8-19(16)21/h11-13,20H,3-10,14H2,1-2H3,(H2,24,25,29)/p-1. The van der Waals surface area contributed by atoms with E-state index >= 15 is 0 Å². The van der Waals surface area contributed by atoms with E-state index in [9.17, 15) is 13.5 Å². The molecule has 1 unspecified atom stereocenters. The number of anilines is 2. The van der Waals surface area contributed by atoms with Gasteiger partial charge in [-0.05, 0) is 67.8 Å². The van der Waals surface area contributed by atoms with Gasteiger partial charge in [-0.25, -0.2) is 4.31 Å². The molecule has 10 nitrogen and oxygen atoms in total. The van der Waals surface area contributed by atoms with Crippen molar-refractivity contribution in [1.82, 2.24) is 14.7 Å². The molecular weight excluding hydrogens is 444 g/mol. The number of fused-ring (bicyclic) bond motifs is 2. The fourth-order valence-corrected chi connectivity index (χ4v) is 6.24. The van der Waals surface area contributed by atoms with E-state index in [0.717, 1.165) is 59.6 Å². The minimum Gasteiger partial charge on any atom is -0.845 e. The van der Waals surface area contributed by atoms with E-state index in [1.165, 1.54) is 22.0 Å². The van der Waals surface area contributed by atoms with Gasteiger partial charge >= 0.3 is 10.2 Å². The van der Waals surface area contributed by atoms with Gasteiger partial charge < -0.3 is 15.2 Å². The van der Waals surface area contributed by atoms with Crippen LogP contribution in [0.15, 0.2) is 22.9 Å². The number of hydrogen-bond acceptors (Lipinski definition) is 6. The van der Waals surface area contributed by atoms with E-state index in [1.54, 1.807) is 13.2 Å². The molecule has 1 saturated heterocycles. The summed E-state index contributed by atoms with van der Waals surface area (Å²) in [7, 11) is -0.802. The summed E-state index contributed by atoms with van der Waals surface area (Å²) < 4.78 is 38.7. The highest BCUT2D eigenvalue weighted by Crippen LogP contribution is 2.38. The normalized spacial score (nSPS) is 21.2. The summed E-state index contributed by atoms with van der Waals surface area (Å²) >= 11 is 0. The molecule has 1 aromatic heterocycles. The highest BCUT2D eigenvalue weighted by Gasteiger charge is 2.34. The molecule has 11 heteroatoms. The van der Waals surface area contributed by atoms with Crippen molar-refractivity contribution < 1.29 is 18.3 Å². The number of likely N-dealkylation sites (N-methyl/N-ethyl adjacent to an activating group) is 1. The Bertz CT molecular complexity index is 1160. The van der Waals surface area contributed by atoms with Crippen molar-refractivity contribution in [1.29, 1.82) is 0 Å². The van der Waals surface area contributed by atoms with Gasteiger partial charge in [-0.1, -0.05) is 6.07 Å². The second-order valence-electron chi connectivity index (χ2n) is 8.99. The van der Waals surface area contributed by atoms with E-state index in [2.05, 4.69) is 20.9 Å². The van der Waals surface area contributed by atoms with Gasteiger partial charge in [0, 0.05) is 32.0 Å². The molecule has 5 rings (SSSR count). The smallest absolute Gasteiger partial charge is 0.347 e. The third-order valence-corrected chi connectivity index (χ3v) is 7.95. The number of rotatable bonds is 5. The van der Waals surface area contributed by atoms with E-state index < -0.39 is 22.5 Å². The predicted octanol–water partition coefficient (Wildman–Crippen LogP) is 0.565. The van der Waals surface area contributed by atoms with Gasteiger partial charge in [0.2, 0.25) is 0 Å². The molecule has 3 aliphatic rings. The van der Waals surface area contributed by atoms with Gasteiger partial charge in [0.05, 0.1) is 24.5 Å². The summed E-state index contributed by atoms with van der Waals surface area (Å²) in [5.74, 6) is 0. The van der Waals surface area contributed by atoms with Crippen LogP contribution in [0.3, 0.4) is 0 Å². The fraction of sp³-hybridized carbons (Fsp3) is 0.545. The first kappa shape index (κ1) is 22.2. The van der Waals surface area contributed by atoms with Crippen molar-refractivity contribution in [3.8, 4) is 0 Å². The number of nitrogens with one attached hydrogen (secondary N) is 1. The molecule has 33 heavy (non-hydrogen) atoms. The second-order valence-corrected chi connectivity index (χ2v) is 10.5. The molecule has 178 valence electrons. The van der Waals surface area contributed by atoms with Crippen molar-refractivity contribution in [3.05, 3.63) is 40.7 Å². The first-order valence-corrected chi connectivity index (χ1v) is 12.7. The minimum absolute atomic E-state index is 0.302. The number of aromatic nitrogens is 2. The Morgan fingerprint density at radius 3 is 2.52 bits per heavy atom. The summed E-state index contributed by atoms with van der Waals surface area (Å²) in [5, 5.41) is 19.9. The molecule has 1 N–H and O–H groups in total. The van der Waals surface area contributed by atoms with Gasteiger partial charge in [0.15, 0.2) is 6.23 Å². The summed E-state index contributed by atoms with van der Waals surface area (Å²) in [5.41, 5.74) is 5.82. The van der Waals surface area contributed by atoms with Gasteiger partial charge in [-0.3, -0.25) is 9.58 Å². The van der Waals surface area contributed by atoms with E-state index in [-0.39, 0.29) is 0 Å². The molecular formula is C22H29N6O4S-. The lowest BCUT2D eigenvalue weighted by Gasteiger charge is -2.36. The summed E-state index contributed by atoms with van der Waals surface area (Å²) in [6, 6.07) is 1.37. The van der Waals surface area contributed by atoms with Crippen LogP contribution in [-0.4, -0.2) is 62.1 Å². The maximum Gasteiger partial charge on any atom is 0.347 e. The second kappa shape index (κ2) is 8.62. The summed E-state index contributed by atoms with van der Waals surface area (Å²) in [4.78, 5) is 1.98. The van der Waals surface area contributed by atoms with Crippen molar-refractivity contribution >= 4 is 27.6 Å². The van der Waals surface area contributed by atoms with Gasteiger partial charge in [-0.15, -0.1) is 4.40 Å². The Hall–Kier alpha value is -2.63. The van der Waals surface area contributed by atoms with Crippen LogP contribution >= 0.6 is 0 Å². The molecule has 0 radical (unpaired) electrons. The Morgan fingerprint density at radius 2 is 1.91 bits per heavy atom. The Labute approximate surface area is 194 Å². The van der Waals surface area contributed by atoms with Crippen LogP contribution in [-0.2, 0) is 47.7 Å². The molecule has 2 aliphatic carbocycles. The molecule has 1 atom stereocenters. The predicted molar refractivity (Wildman–Crippen MR) is 123 cm³/mol. The zero-order valence-electron chi connectivity index (χ0n) is 19.0. The van der Waals surface area contributed by atoms with Crippen LogP contribution < -0.4 is 14.7 Å². The zero-order valence-corrected chi connectivity index (χ0v) is 19.8. The van der Waals surface area contributed by atoms with E-state index in [0.29, 0.717) is 25.4 Å². The molecule has 2 aromatic rings. The quantitative estimate of drug-likeness (QED) is 0.499. The summed E-state index contributed by atoms with van der Waals surface area (Å²) in [6.07, 6.45) is 8.02. The number of morpholine rings is 1. The molecule has 1 fully saturated rings. The van der Waals surface area contributed by atoms with E-state index in [1.807, 2.05) is 11.9 Å². The third kappa shape index (κ3) is 4.32. The number of ether oxygens (including phenoxy) is 1. The summed E-state index contributed by atoms with van der Waals surface area (Å²) in [6.45, 7) is 1.42. The lowest BCUT2D eigenvalue weighted by atomic mass is 9.99. The topological polar surface area (TPSA) is 115 Å². The van der Waals surface area contributed by atoms with Crippen LogP contribution in [0.2, 0.25) is 0 Å². The Balaban J connectivity index is 1.48. The van der Waals surface area contributed by atoms with E-state index in [4.69, 9.17) is 4.74 Å². The maximum atomic E-state index is 13.4. The van der Waals surface area contributed by atoms with Crippen molar-refractivity contribution in [2.45, 2.75) is 44.8 Å². The molecule has 0 amide bonds. The van der Waals surface area contributed by atoms with Crippen LogP contribution in [0, 0.1) is 0 Å². The molecule has 2 heterocycles. The molecule has 0 spiro atoms. The van der Waals surface area contributed by atoms with Crippen molar-refractivity contribution in [3.63, 3.8) is 0 Å². The Morgan fingerprint density at radius 1 is 1.21 bits per heavy atom. The average molecular weight is 474 g/mol. The fourth-order valence-electron chi connectivity index (χ4n) is 5.11. The van der Waals surface area contributed by atoms with Gasteiger partial charge in [0.25, 0.3) is 0 Å². The average Bonchev–Trinajstić information content (AvgIpc) is 3.48. The van der Waals surface area contributed by atoms with Gasteiger partial charge in [0.1, 0.15) is 0 Å². The lowest BCUT2D eigenvalue weighted by Crippen LogP contribution is -2.52. The SMILES string of the molecule is CN1CCOC(N(c2cnn(C)c2)S(=O)(=O)/N=C(\[O-])Nc2c3c(cc4c2CCC4)CCC3)C1. The Kier molecular flexibility index (Phi) is 5.79.